The minimum atomic E-state index is -4.40. The van der Waals surface area contributed by atoms with Gasteiger partial charge in [0.05, 0.1) is 5.56 Å². The van der Waals surface area contributed by atoms with E-state index >= 15 is 0 Å². The zero-order valence-electron chi connectivity index (χ0n) is 11.3. The Morgan fingerprint density at radius 2 is 1.76 bits per heavy atom. The maximum Gasteiger partial charge on any atom is 0.416 e. The summed E-state index contributed by atoms with van der Waals surface area (Å²) in [5.74, 6) is 0. The zero-order valence-corrected chi connectivity index (χ0v) is 11.3. The Kier molecular flexibility index (Phi) is 3.35. The Morgan fingerprint density at radius 1 is 1.00 bits per heavy atom. The van der Waals surface area contributed by atoms with Crippen molar-refractivity contribution < 1.29 is 17.9 Å². The Labute approximate surface area is 120 Å². The van der Waals surface area contributed by atoms with Crippen molar-refractivity contribution >= 4 is 0 Å². The molecule has 0 aliphatic heterocycles. The molecule has 0 atom stereocenters. The Balaban J connectivity index is 2.09. The number of fused-ring (bicyclic) bond motifs is 1. The minimum absolute atomic E-state index is 0.279. The molecule has 0 spiro atoms. The third kappa shape index (κ3) is 2.60. The number of rotatable bonds is 1. The van der Waals surface area contributed by atoms with Crippen molar-refractivity contribution in [1.29, 1.82) is 0 Å². The van der Waals surface area contributed by atoms with E-state index in [1.54, 1.807) is 6.07 Å². The highest BCUT2D eigenvalue weighted by Gasteiger charge is 2.31. The molecular weight excluding hydrogens is 279 g/mol. The Morgan fingerprint density at radius 3 is 2.52 bits per heavy atom. The van der Waals surface area contributed by atoms with Crippen molar-refractivity contribution in [1.82, 2.24) is 0 Å². The smallest absolute Gasteiger partial charge is 0.416 e. The first-order chi connectivity index (χ1) is 9.97. The van der Waals surface area contributed by atoms with E-state index in [1.165, 1.54) is 12.1 Å². The van der Waals surface area contributed by atoms with Gasteiger partial charge in [0.25, 0.3) is 0 Å². The molecule has 1 aliphatic rings. The molecule has 110 valence electrons. The monoisotopic (exact) mass is 293 g/mol. The fourth-order valence-corrected chi connectivity index (χ4v) is 2.79. The number of pyridine rings is 1. The summed E-state index contributed by atoms with van der Waals surface area (Å²) in [6.07, 6.45) is -0.860. The van der Waals surface area contributed by atoms with E-state index in [0.717, 1.165) is 41.7 Å². The Bertz CT molecular complexity index is 680. The van der Waals surface area contributed by atoms with E-state index in [0.29, 0.717) is 17.7 Å². The van der Waals surface area contributed by atoms with Gasteiger partial charge in [0, 0.05) is 23.6 Å². The second-order valence-electron chi connectivity index (χ2n) is 5.27. The fourth-order valence-electron chi connectivity index (χ4n) is 2.79. The predicted molar refractivity (Wildman–Crippen MR) is 72.5 cm³/mol. The van der Waals surface area contributed by atoms with Crippen LogP contribution in [0.2, 0.25) is 0 Å². The zero-order chi connectivity index (χ0) is 15.0. The van der Waals surface area contributed by atoms with Crippen molar-refractivity contribution in [2.24, 2.45) is 0 Å². The third-order valence-corrected chi connectivity index (χ3v) is 3.87. The quantitative estimate of drug-likeness (QED) is 0.579. The number of aryl methyl sites for hydroxylation is 1. The molecule has 1 heterocycles. The summed E-state index contributed by atoms with van der Waals surface area (Å²) >= 11 is 0. The molecule has 3 rings (SSSR count). The molecule has 0 unspecified atom stereocenters. The molecule has 2 aromatic rings. The van der Waals surface area contributed by atoms with E-state index in [4.69, 9.17) is 0 Å². The van der Waals surface area contributed by atoms with Gasteiger partial charge >= 0.3 is 6.18 Å². The first-order valence-electron chi connectivity index (χ1n) is 6.89. The van der Waals surface area contributed by atoms with Crippen LogP contribution >= 0.6 is 0 Å². The standard InChI is InChI=1S/C16H14F3NO/c17-16(18,19)13-6-3-5-12(10-13)15-9-8-11-4-1-2-7-14(11)20(15)21/h3,5-6,8-10H,1-2,4,7H2. The molecule has 0 saturated heterocycles. The highest BCUT2D eigenvalue weighted by molar-refractivity contribution is 5.58. The van der Waals surface area contributed by atoms with Crippen LogP contribution in [0.5, 0.6) is 0 Å². The normalized spacial score (nSPS) is 14.8. The molecule has 0 N–H and O–H groups in total. The van der Waals surface area contributed by atoms with Crippen LogP contribution in [0.1, 0.15) is 29.7 Å². The molecular formula is C16H14F3NO. The van der Waals surface area contributed by atoms with E-state index in [9.17, 15) is 18.4 Å². The molecule has 0 fully saturated rings. The highest BCUT2D eigenvalue weighted by atomic mass is 19.4. The average molecular weight is 293 g/mol. The van der Waals surface area contributed by atoms with Gasteiger partial charge < -0.3 is 5.21 Å². The van der Waals surface area contributed by atoms with E-state index in [-0.39, 0.29) is 5.69 Å². The number of aromatic nitrogens is 1. The van der Waals surface area contributed by atoms with Crippen LogP contribution in [0.15, 0.2) is 36.4 Å². The number of nitrogens with zero attached hydrogens (tertiary/aromatic N) is 1. The topological polar surface area (TPSA) is 26.9 Å². The van der Waals surface area contributed by atoms with E-state index in [2.05, 4.69) is 0 Å². The van der Waals surface area contributed by atoms with Gasteiger partial charge in [0.15, 0.2) is 5.69 Å². The van der Waals surface area contributed by atoms with Crippen LogP contribution in [0.4, 0.5) is 13.2 Å². The summed E-state index contributed by atoms with van der Waals surface area (Å²) in [6.45, 7) is 0. The number of benzene rings is 1. The maximum absolute atomic E-state index is 12.8. The molecule has 2 nitrogen and oxygen atoms in total. The lowest BCUT2D eigenvalue weighted by Crippen LogP contribution is -2.37. The lowest BCUT2D eigenvalue weighted by Gasteiger charge is -2.17. The molecule has 0 radical (unpaired) electrons. The second-order valence-corrected chi connectivity index (χ2v) is 5.27. The molecule has 0 bridgehead atoms. The van der Waals surface area contributed by atoms with Crippen LogP contribution in [0.3, 0.4) is 0 Å². The van der Waals surface area contributed by atoms with Gasteiger partial charge in [0.2, 0.25) is 5.69 Å². The molecule has 5 heteroatoms. The number of halogens is 3. The second kappa shape index (κ2) is 5.06. The molecule has 0 amide bonds. The van der Waals surface area contributed by atoms with Crippen LogP contribution in [-0.2, 0) is 19.0 Å². The lowest BCUT2D eigenvalue weighted by atomic mass is 9.95. The largest absolute Gasteiger partial charge is 0.618 e. The van der Waals surface area contributed by atoms with Gasteiger partial charge in [-0.15, -0.1) is 0 Å². The van der Waals surface area contributed by atoms with Crippen molar-refractivity contribution in [3.05, 3.63) is 58.4 Å². The van der Waals surface area contributed by atoms with Crippen LogP contribution in [0.25, 0.3) is 11.3 Å². The van der Waals surface area contributed by atoms with Gasteiger partial charge in [-0.1, -0.05) is 6.07 Å². The first kappa shape index (κ1) is 13.9. The highest BCUT2D eigenvalue weighted by Crippen LogP contribution is 2.32. The summed E-state index contributed by atoms with van der Waals surface area (Å²) in [7, 11) is 0. The number of hydrogen-bond donors (Lipinski definition) is 0. The van der Waals surface area contributed by atoms with Gasteiger partial charge in [-0.2, -0.15) is 17.9 Å². The van der Waals surface area contributed by atoms with Gasteiger partial charge in [0.1, 0.15) is 0 Å². The van der Waals surface area contributed by atoms with Gasteiger partial charge in [-0.05, 0) is 43.5 Å². The summed E-state index contributed by atoms with van der Waals surface area (Å²) < 4.78 is 39.1. The summed E-state index contributed by atoms with van der Waals surface area (Å²) in [4.78, 5) is 0. The van der Waals surface area contributed by atoms with Gasteiger partial charge in [-0.25, -0.2) is 0 Å². The lowest BCUT2D eigenvalue weighted by molar-refractivity contribution is -0.603. The van der Waals surface area contributed by atoms with Crippen molar-refractivity contribution in [2.75, 3.05) is 0 Å². The maximum atomic E-state index is 12.8. The van der Waals surface area contributed by atoms with Crippen molar-refractivity contribution in [3.8, 4) is 11.3 Å². The average Bonchev–Trinajstić information content (AvgIpc) is 2.47. The predicted octanol–water partition coefficient (Wildman–Crippen LogP) is 3.88. The molecule has 1 aromatic carbocycles. The van der Waals surface area contributed by atoms with Crippen LogP contribution in [0, 0.1) is 5.21 Å². The molecule has 0 saturated carbocycles. The number of hydrogen-bond acceptors (Lipinski definition) is 1. The summed E-state index contributed by atoms with van der Waals surface area (Å²) in [5.41, 5.74) is 1.54. The molecule has 1 aromatic heterocycles. The minimum Gasteiger partial charge on any atom is -0.618 e. The van der Waals surface area contributed by atoms with Crippen molar-refractivity contribution in [3.63, 3.8) is 0 Å². The summed E-state index contributed by atoms with van der Waals surface area (Å²) in [5, 5.41) is 12.4. The molecule has 21 heavy (non-hydrogen) atoms. The number of alkyl halides is 3. The molecule has 1 aliphatic carbocycles. The first-order valence-corrected chi connectivity index (χ1v) is 6.89. The van der Waals surface area contributed by atoms with Crippen LogP contribution < -0.4 is 4.73 Å². The van der Waals surface area contributed by atoms with E-state index < -0.39 is 11.7 Å². The summed E-state index contributed by atoms with van der Waals surface area (Å²) in [6, 6.07) is 8.38. The van der Waals surface area contributed by atoms with Crippen molar-refractivity contribution in [2.45, 2.75) is 31.9 Å². The SMILES string of the molecule is [O-][n+]1c(-c2cccc(C(F)(F)F)c2)ccc2c1CCCC2. The van der Waals surface area contributed by atoms with Crippen LogP contribution in [-0.4, -0.2) is 0 Å². The van der Waals surface area contributed by atoms with E-state index in [1.807, 2.05) is 6.07 Å². The Hall–Kier alpha value is -2.04. The van der Waals surface area contributed by atoms with Gasteiger partial charge in [-0.3, -0.25) is 0 Å². The fraction of sp³-hybridized carbons (Fsp3) is 0.312. The third-order valence-electron chi connectivity index (χ3n) is 3.87.